The van der Waals surface area contributed by atoms with E-state index in [1.54, 1.807) is 0 Å². The largest absolute Gasteiger partial charge is 0.420 e. The summed E-state index contributed by atoms with van der Waals surface area (Å²) in [6.45, 7) is 1.29. The molecular weight excluding hydrogens is 236 g/mol. The molecule has 6 heteroatoms. The molecule has 0 aliphatic heterocycles. The Morgan fingerprint density at radius 3 is 2.24 bits per heavy atom. The first-order chi connectivity index (χ1) is 7.89. The molecule has 2 nitrogen and oxygen atoms in total. The number of aromatic nitrogens is 2. The van der Waals surface area contributed by atoms with Crippen LogP contribution < -0.4 is 0 Å². The van der Waals surface area contributed by atoms with Gasteiger partial charge in [0.1, 0.15) is 17.1 Å². The lowest BCUT2D eigenvalue weighted by molar-refractivity contribution is -0.137. The van der Waals surface area contributed by atoms with Crippen LogP contribution in [-0.2, 0) is 6.18 Å². The average molecular weight is 244 g/mol. The summed E-state index contributed by atoms with van der Waals surface area (Å²) in [4.78, 5) is 0. The van der Waals surface area contributed by atoms with Crippen molar-refractivity contribution in [3.63, 3.8) is 0 Å². The molecule has 90 valence electrons. The minimum Gasteiger partial charge on any atom is -0.282 e. The van der Waals surface area contributed by atoms with Gasteiger partial charge in [-0.3, -0.25) is 5.10 Å². The first-order valence-corrected chi connectivity index (χ1v) is 4.77. The number of H-pyrrole nitrogens is 1. The Morgan fingerprint density at radius 1 is 1.12 bits per heavy atom. The molecular formula is C11H8F4N2. The lowest BCUT2D eigenvalue weighted by Crippen LogP contribution is -2.07. The number of aryl methyl sites for hydroxylation is 1. The highest BCUT2D eigenvalue weighted by molar-refractivity contribution is 5.64. The lowest BCUT2D eigenvalue weighted by Gasteiger charge is -2.07. The molecule has 0 bridgehead atoms. The number of rotatable bonds is 1. The average Bonchev–Trinajstić information content (AvgIpc) is 2.61. The third kappa shape index (κ3) is 2.15. The minimum atomic E-state index is -4.49. The van der Waals surface area contributed by atoms with Crippen molar-refractivity contribution in [2.24, 2.45) is 0 Å². The maximum Gasteiger partial charge on any atom is 0.420 e. The van der Waals surface area contributed by atoms with Gasteiger partial charge in [0.05, 0.1) is 0 Å². The molecule has 0 amide bonds. The van der Waals surface area contributed by atoms with Crippen LogP contribution in [0.25, 0.3) is 11.3 Å². The van der Waals surface area contributed by atoms with Crippen LogP contribution in [0.5, 0.6) is 0 Å². The molecule has 0 saturated heterocycles. The third-order valence-corrected chi connectivity index (χ3v) is 2.35. The van der Waals surface area contributed by atoms with E-state index in [4.69, 9.17) is 0 Å². The van der Waals surface area contributed by atoms with Crippen LogP contribution in [0.1, 0.15) is 11.3 Å². The van der Waals surface area contributed by atoms with Gasteiger partial charge in [-0.15, -0.1) is 0 Å². The fraction of sp³-hybridized carbons (Fsp3) is 0.182. The first kappa shape index (κ1) is 11.6. The van der Waals surface area contributed by atoms with Crippen LogP contribution in [-0.4, -0.2) is 10.2 Å². The van der Waals surface area contributed by atoms with Crippen molar-refractivity contribution in [3.05, 3.63) is 41.3 Å². The molecule has 2 rings (SSSR count). The number of halogens is 4. The van der Waals surface area contributed by atoms with Gasteiger partial charge in [-0.05, 0) is 31.2 Å². The molecule has 0 atom stereocenters. The summed E-state index contributed by atoms with van der Waals surface area (Å²) in [5, 5.41) is 5.91. The number of alkyl halides is 3. The molecule has 1 heterocycles. The Hall–Kier alpha value is -1.85. The number of hydrogen-bond donors (Lipinski definition) is 1. The minimum absolute atomic E-state index is 0.0585. The Bertz CT molecular complexity index is 525. The molecule has 0 fully saturated rings. The zero-order valence-corrected chi connectivity index (χ0v) is 8.77. The topological polar surface area (TPSA) is 28.7 Å². The molecule has 2 aromatic rings. The molecule has 0 aliphatic carbocycles. The summed E-state index contributed by atoms with van der Waals surface area (Å²) in [6.07, 6.45) is -4.49. The second-order valence-electron chi connectivity index (χ2n) is 3.58. The molecule has 1 N–H and O–H groups in total. The predicted octanol–water partition coefficient (Wildman–Crippen LogP) is 3.54. The highest BCUT2D eigenvalue weighted by Crippen LogP contribution is 2.37. The van der Waals surface area contributed by atoms with E-state index in [1.165, 1.54) is 19.1 Å². The summed E-state index contributed by atoms with van der Waals surface area (Å²) in [5.41, 5.74) is -0.862. The van der Waals surface area contributed by atoms with Gasteiger partial charge in [-0.25, -0.2) is 4.39 Å². The van der Waals surface area contributed by atoms with E-state index >= 15 is 0 Å². The van der Waals surface area contributed by atoms with Crippen molar-refractivity contribution in [2.45, 2.75) is 13.1 Å². The molecule has 0 spiro atoms. The van der Waals surface area contributed by atoms with E-state index in [0.717, 1.165) is 12.1 Å². The summed E-state index contributed by atoms with van der Waals surface area (Å²) in [7, 11) is 0. The van der Waals surface area contributed by atoms with E-state index in [0.29, 0.717) is 0 Å². The van der Waals surface area contributed by atoms with Gasteiger partial charge in [-0.2, -0.15) is 18.3 Å². The molecule has 0 unspecified atom stereocenters. The maximum atomic E-state index is 12.8. The van der Waals surface area contributed by atoms with Crippen LogP contribution in [0.4, 0.5) is 17.6 Å². The van der Waals surface area contributed by atoms with Gasteiger partial charge in [0.15, 0.2) is 0 Å². The summed E-state index contributed by atoms with van der Waals surface area (Å²) in [5.74, 6) is -0.505. The van der Waals surface area contributed by atoms with Crippen LogP contribution in [0.2, 0.25) is 0 Å². The highest BCUT2D eigenvalue weighted by atomic mass is 19.4. The monoisotopic (exact) mass is 244 g/mol. The van der Waals surface area contributed by atoms with E-state index in [9.17, 15) is 17.6 Å². The summed E-state index contributed by atoms with van der Waals surface area (Å²) >= 11 is 0. The van der Waals surface area contributed by atoms with Gasteiger partial charge in [0, 0.05) is 11.3 Å². The van der Waals surface area contributed by atoms with Crippen LogP contribution in [0.15, 0.2) is 24.3 Å². The Labute approximate surface area is 94.3 Å². The van der Waals surface area contributed by atoms with Crippen molar-refractivity contribution in [1.82, 2.24) is 10.2 Å². The van der Waals surface area contributed by atoms with Crippen molar-refractivity contribution in [2.75, 3.05) is 0 Å². The van der Waals surface area contributed by atoms with Gasteiger partial charge >= 0.3 is 6.18 Å². The standard InChI is InChI=1S/C11H8F4N2/c1-6-9(11(13,14)15)10(17-16-6)7-2-4-8(12)5-3-7/h2-5H,1H3,(H,16,17). The third-order valence-electron chi connectivity index (χ3n) is 2.35. The SMILES string of the molecule is Cc1[nH]nc(-c2ccc(F)cc2)c1C(F)(F)F. The first-order valence-electron chi connectivity index (χ1n) is 4.77. The van der Waals surface area contributed by atoms with Crippen LogP contribution in [0, 0.1) is 12.7 Å². The normalized spacial score (nSPS) is 11.8. The quantitative estimate of drug-likeness (QED) is 0.763. The lowest BCUT2D eigenvalue weighted by atomic mass is 10.1. The molecule has 1 aromatic heterocycles. The van der Waals surface area contributed by atoms with E-state index in [-0.39, 0.29) is 17.0 Å². The number of aromatic amines is 1. The van der Waals surface area contributed by atoms with E-state index in [1.807, 2.05) is 0 Å². The van der Waals surface area contributed by atoms with Crippen molar-refractivity contribution >= 4 is 0 Å². The smallest absolute Gasteiger partial charge is 0.282 e. The number of nitrogens with zero attached hydrogens (tertiary/aromatic N) is 1. The molecule has 0 saturated carbocycles. The second-order valence-corrected chi connectivity index (χ2v) is 3.58. The second kappa shape index (κ2) is 3.87. The van der Waals surface area contributed by atoms with E-state index in [2.05, 4.69) is 10.2 Å². The van der Waals surface area contributed by atoms with Crippen LogP contribution >= 0.6 is 0 Å². The van der Waals surface area contributed by atoms with Gasteiger partial charge in [0.2, 0.25) is 0 Å². The van der Waals surface area contributed by atoms with Gasteiger partial charge in [0.25, 0.3) is 0 Å². The summed E-state index contributed by atoms with van der Waals surface area (Å²) < 4.78 is 51.0. The van der Waals surface area contributed by atoms with Crippen molar-refractivity contribution in [3.8, 4) is 11.3 Å². The Morgan fingerprint density at radius 2 is 1.71 bits per heavy atom. The van der Waals surface area contributed by atoms with Gasteiger partial charge < -0.3 is 0 Å². The van der Waals surface area contributed by atoms with Crippen LogP contribution in [0.3, 0.4) is 0 Å². The zero-order chi connectivity index (χ0) is 12.6. The molecule has 1 aromatic carbocycles. The maximum absolute atomic E-state index is 12.8. The number of benzene rings is 1. The zero-order valence-electron chi connectivity index (χ0n) is 8.77. The van der Waals surface area contributed by atoms with Crippen molar-refractivity contribution in [1.29, 1.82) is 0 Å². The fourth-order valence-electron chi connectivity index (χ4n) is 1.59. The number of hydrogen-bond acceptors (Lipinski definition) is 1. The van der Waals surface area contributed by atoms with Crippen molar-refractivity contribution < 1.29 is 17.6 Å². The molecule has 0 aliphatic rings. The summed E-state index contributed by atoms with van der Waals surface area (Å²) in [6, 6.07) is 4.72. The highest BCUT2D eigenvalue weighted by Gasteiger charge is 2.37. The fourth-order valence-corrected chi connectivity index (χ4v) is 1.59. The Kier molecular flexibility index (Phi) is 2.65. The molecule has 0 radical (unpaired) electrons. The predicted molar refractivity (Wildman–Crippen MR) is 53.7 cm³/mol. The Balaban J connectivity index is 2.57. The number of nitrogens with one attached hydrogen (secondary N) is 1. The van der Waals surface area contributed by atoms with Gasteiger partial charge in [-0.1, -0.05) is 0 Å². The van der Waals surface area contributed by atoms with E-state index < -0.39 is 17.6 Å². The molecule has 17 heavy (non-hydrogen) atoms.